The summed E-state index contributed by atoms with van der Waals surface area (Å²) in [5.41, 5.74) is 1.77. The number of aromatic amines is 1. The average Bonchev–Trinajstić information content (AvgIpc) is 2.62. The molecule has 0 atom stereocenters. The van der Waals surface area contributed by atoms with Gasteiger partial charge in [0, 0.05) is 35.1 Å². The van der Waals surface area contributed by atoms with Crippen LogP contribution in [0.15, 0.2) is 34.0 Å². The Morgan fingerprint density at radius 1 is 1.32 bits per heavy atom. The van der Waals surface area contributed by atoms with Gasteiger partial charge >= 0.3 is 0 Å². The van der Waals surface area contributed by atoms with Crippen LogP contribution in [0.3, 0.4) is 0 Å². The fraction of sp³-hybridized carbons (Fsp3) is 0.526. The van der Waals surface area contributed by atoms with Crippen molar-refractivity contribution in [3.8, 4) is 0 Å². The summed E-state index contributed by atoms with van der Waals surface area (Å²) < 4.78 is 0. The molecule has 0 aliphatic carbocycles. The van der Waals surface area contributed by atoms with E-state index in [-0.39, 0.29) is 12.2 Å². The van der Waals surface area contributed by atoms with Gasteiger partial charge in [-0.25, -0.2) is 0 Å². The molecule has 3 rings (SSSR count). The third-order valence-electron chi connectivity index (χ3n) is 5.16. The van der Waals surface area contributed by atoms with Crippen molar-refractivity contribution in [1.82, 2.24) is 14.8 Å². The van der Waals surface area contributed by atoms with Crippen molar-refractivity contribution in [2.75, 3.05) is 39.5 Å². The molecule has 0 amide bonds. The third-order valence-corrected chi connectivity index (χ3v) is 5.88. The summed E-state index contributed by atoms with van der Waals surface area (Å²) in [5, 5.41) is 10.2. The summed E-state index contributed by atoms with van der Waals surface area (Å²) in [7, 11) is 2.08. The number of fused-ring (bicyclic) bond motifs is 1. The topological polar surface area (TPSA) is 59.6 Å². The van der Waals surface area contributed by atoms with Crippen LogP contribution in [0.2, 0.25) is 0 Å². The molecule has 1 saturated heterocycles. The fourth-order valence-electron chi connectivity index (χ4n) is 3.57. The van der Waals surface area contributed by atoms with Crippen LogP contribution < -0.4 is 5.56 Å². The molecule has 0 radical (unpaired) electrons. The minimum absolute atomic E-state index is 0.0188. The van der Waals surface area contributed by atoms with Crippen molar-refractivity contribution in [3.05, 3.63) is 40.2 Å². The Kier molecular flexibility index (Phi) is 6.17. The van der Waals surface area contributed by atoms with Gasteiger partial charge in [0.15, 0.2) is 0 Å². The van der Waals surface area contributed by atoms with Crippen LogP contribution in [-0.2, 0) is 6.54 Å². The summed E-state index contributed by atoms with van der Waals surface area (Å²) in [4.78, 5) is 21.2. The average molecular weight is 362 g/mol. The summed E-state index contributed by atoms with van der Waals surface area (Å²) >= 11 is 1.68. The smallest absolute Gasteiger partial charge is 0.252 e. The second kappa shape index (κ2) is 8.36. The van der Waals surface area contributed by atoms with Crippen LogP contribution in [0, 0.1) is 0 Å². The summed E-state index contributed by atoms with van der Waals surface area (Å²) in [5.74, 6) is 0. The molecule has 2 aromatic rings. The van der Waals surface area contributed by atoms with Gasteiger partial charge in [0.25, 0.3) is 5.56 Å². The van der Waals surface area contributed by atoms with E-state index in [2.05, 4.69) is 34.0 Å². The molecule has 6 heteroatoms. The first-order valence-corrected chi connectivity index (χ1v) is 10.1. The zero-order valence-electron chi connectivity index (χ0n) is 15.0. The second-order valence-corrected chi connectivity index (χ2v) is 7.67. The van der Waals surface area contributed by atoms with E-state index in [4.69, 9.17) is 5.11 Å². The Hall–Kier alpha value is -1.34. The standard InChI is InChI=1S/C19H27N3O2S/c1-21(9-10-23)16-5-7-22(8-6-16)13-15-11-14-3-4-17(25-2)12-18(14)20-19(15)24/h3-4,11-12,16,23H,5-10,13H2,1-2H3,(H,20,24). The molecule has 0 unspecified atom stereocenters. The number of hydrogen-bond acceptors (Lipinski definition) is 5. The number of H-pyrrole nitrogens is 1. The Morgan fingerprint density at radius 2 is 2.08 bits per heavy atom. The molecule has 2 N–H and O–H groups in total. The number of thioether (sulfide) groups is 1. The van der Waals surface area contributed by atoms with Gasteiger partial charge in [-0.3, -0.25) is 9.69 Å². The minimum Gasteiger partial charge on any atom is -0.395 e. The van der Waals surface area contributed by atoms with Crippen LogP contribution >= 0.6 is 11.8 Å². The number of likely N-dealkylation sites (N-methyl/N-ethyl adjacent to an activating group) is 1. The molecule has 0 spiro atoms. The second-order valence-electron chi connectivity index (χ2n) is 6.79. The number of rotatable bonds is 6. The van der Waals surface area contributed by atoms with Crippen LogP contribution in [-0.4, -0.2) is 65.5 Å². The SMILES string of the molecule is CSc1ccc2cc(CN3CCC(N(C)CCO)CC3)c(=O)[nH]c2c1. The molecule has 1 aliphatic rings. The highest BCUT2D eigenvalue weighted by Gasteiger charge is 2.22. The predicted molar refractivity (Wildman–Crippen MR) is 104 cm³/mol. The van der Waals surface area contributed by atoms with E-state index in [9.17, 15) is 4.79 Å². The van der Waals surface area contributed by atoms with Gasteiger partial charge in [0.2, 0.25) is 0 Å². The highest BCUT2D eigenvalue weighted by molar-refractivity contribution is 7.98. The lowest BCUT2D eigenvalue weighted by atomic mass is 10.0. The zero-order valence-corrected chi connectivity index (χ0v) is 15.8. The Morgan fingerprint density at radius 3 is 2.76 bits per heavy atom. The molecule has 1 aliphatic heterocycles. The molecule has 25 heavy (non-hydrogen) atoms. The quantitative estimate of drug-likeness (QED) is 0.772. The Labute approximate surface area is 153 Å². The van der Waals surface area contributed by atoms with E-state index >= 15 is 0 Å². The summed E-state index contributed by atoms with van der Waals surface area (Å²) in [6.45, 7) is 3.62. The highest BCUT2D eigenvalue weighted by atomic mass is 32.2. The van der Waals surface area contributed by atoms with Crippen molar-refractivity contribution < 1.29 is 5.11 Å². The molecule has 5 nitrogen and oxygen atoms in total. The van der Waals surface area contributed by atoms with E-state index in [1.807, 2.05) is 18.4 Å². The van der Waals surface area contributed by atoms with Crippen molar-refractivity contribution in [2.24, 2.45) is 0 Å². The molecule has 1 aromatic heterocycles. The monoisotopic (exact) mass is 361 g/mol. The number of aliphatic hydroxyl groups excluding tert-OH is 1. The Bertz CT molecular complexity index is 769. The van der Waals surface area contributed by atoms with E-state index in [0.717, 1.165) is 53.8 Å². The van der Waals surface area contributed by atoms with Gasteiger partial charge in [-0.1, -0.05) is 6.07 Å². The molecule has 2 heterocycles. The zero-order chi connectivity index (χ0) is 17.8. The number of benzene rings is 1. The number of aliphatic hydroxyl groups is 1. The number of aromatic nitrogens is 1. The van der Waals surface area contributed by atoms with E-state index in [1.54, 1.807) is 11.8 Å². The van der Waals surface area contributed by atoms with Crippen molar-refractivity contribution in [3.63, 3.8) is 0 Å². The lowest BCUT2D eigenvalue weighted by molar-refractivity contribution is 0.107. The molecular weight excluding hydrogens is 334 g/mol. The molecule has 1 aromatic carbocycles. The largest absolute Gasteiger partial charge is 0.395 e. The maximum absolute atomic E-state index is 12.4. The fourth-order valence-corrected chi connectivity index (χ4v) is 4.01. The van der Waals surface area contributed by atoms with E-state index < -0.39 is 0 Å². The van der Waals surface area contributed by atoms with Gasteiger partial charge in [-0.2, -0.15) is 0 Å². The molecule has 0 saturated carbocycles. The van der Waals surface area contributed by atoms with E-state index in [1.165, 1.54) is 0 Å². The van der Waals surface area contributed by atoms with Crippen LogP contribution in [0.4, 0.5) is 0 Å². The maximum Gasteiger partial charge on any atom is 0.252 e. The number of nitrogens with one attached hydrogen (secondary N) is 1. The van der Waals surface area contributed by atoms with Gasteiger partial charge in [0.1, 0.15) is 0 Å². The van der Waals surface area contributed by atoms with Crippen molar-refractivity contribution in [2.45, 2.75) is 30.3 Å². The van der Waals surface area contributed by atoms with Crippen LogP contribution in [0.5, 0.6) is 0 Å². The normalized spacial score (nSPS) is 16.8. The first kappa shape index (κ1) is 18.5. The molecule has 0 bridgehead atoms. The van der Waals surface area contributed by atoms with Gasteiger partial charge < -0.3 is 15.0 Å². The molecule has 136 valence electrons. The summed E-state index contributed by atoms with van der Waals surface area (Å²) in [6, 6.07) is 8.77. The van der Waals surface area contributed by atoms with Crippen molar-refractivity contribution >= 4 is 22.7 Å². The molecule has 1 fully saturated rings. The Balaban J connectivity index is 1.67. The first-order valence-electron chi connectivity index (χ1n) is 8.84. The van der Waals surface area contributed by atoms with E-state index in [0.29, 0.717) is 12.6 Å². The van der Waals surface area contributed by atoms with Crippen LogP contribution in [0.25, 0.3) is 10.9 Å². The van der Waals surface area contributed by atoms with Gasteiger partial charge in [-0.15, -0.1) is 11.8 Å². The number of piperidine rings is 1. The third kappa shape index (κ3) is 4.44. The number of likely N-dealkylation sites (tertiary alicyclic amines) is 1. The van der Waals surface area contributed by atoms with Gasteiger partial charge in [0.05, 0.1) is 6.61 Å². The number of pyridine rings is 1. The lowest BCUT2D eigenvalue weighted by Crippen LogP contribution is -2.44. The maximum atomic E-state index is 12.4. The number of nitrogens with zero attached hydrogens (tertiary/aromatic N) is 2. The van der Waals surface area contributed by atoms with Crippen LogP contribution in [0.1, 0.15) is 18.4 Å². The highest BCUT2D eigenvalue weighted by Crippen LogP contribution is 2.21. The van der Waals surface area contributed by atoms with Crippen molar-refractivity contribution in [1.29, 1.82) is 0 Å². The molecular formula is C19H27N3O2S. The first-order chi connectivity index (χ1) is 12.1. The minimum atomic E-state index is 0.0188. The lowest BCUT2D eigenvalue weighted by Gasteiger charge is -2.36. The van der Waals surface area contributed by atoms with Gasteiger partial charge in [-0.05, 0) is 62.8 Å². The predicted octanol–water partition coefficient (Wildman–Crippen LogP) is 2.14. The number of hydrogen-bond donors (Lipinski definition) is 2. The summed E-state index contributed by atoms with van der Waals surface area (Å²) in [6.07, 6.45) is 4.20.